The Morgan fingerprint density at radius 3 is 2.32 bits per heavy atom. The highest BCUT2D eigenvalue weighted by Gasteiger charge is 2.24. The predicted octanol–water partition coefficient (Wildman–Crippen LogP) is 0.360. The summed E-state index contributed by atoms with van der Waals surface area (Å²) >= 11 is 0. The Morgan fingerprint density at radius 1 is 1.18 bits per heavy atom. The fourth-order valence-corrected chi connectivity index (χ4v) is 2.15. The lowest BCUT2D eigenvalue weighted by Gasteiger charge is -2.21. The number of hydrogen-bond donors (Lipinski definition) is 3. The summed E-state index contributed by atoms with van der Waals surface area (Å²) < 4.78 is 0. The van der Waals surface area contributed by atoms with Crippen molar-refractivity contribution in [2.45, 2.75) is 38.8 Å². The van der Waals surface area contributed by atoms with Gasteiger partial charge in [0.05, 0.1) is 0 Å². The summed E-state index contributed by atoms with van der Waals surface area (Å²) in [6.07, 6.45) is 1.29. The van der Waals surface area contributed by atoms with Crippen LogP contribution in [0.5, 0.6) is 0 Å². The van der Waals surface area contributed by atoms with Crippen molar-refractivity contribution in [3.63, 3.8) is 0 Å². The van der Waals surface area contributed by atoms with Crippen LogP contribution in [0, 0.1) is 5.92 Å². The van der Waals surface area contributed by atoms with E-state index in [0.717, 1.165) is 5.56 Å². The predicted molar refractivity (Wildman–Crippen MR) is 83.7 cm³/mol. The number of primary amides is 1. The maximum atomic E-state index is 12.3. The summed E-state index contributed by atoms with van der Waals surface area (Å²) in [4.78, 5) is 34.4. The Hall–Kier alpha value is -2.37. The summed E-state index contributed by atoms with van der Waals surface area (Å²) in [5.74, 6) is -0.781. The number of carbonyl (C=O) groups excluding carboxylic acids is 3. The van der Waals surface area contributed by atoms with Gasteiger partial charge in [0.2, 0.25) is 18.2 Å². The van der Waals surface area contributed by atoms with Crippen molar-refractivity contribution in [1.29, 1.82) is 0 Å². The number of nitrogens with two attached hydrogens (primary N) is 1. The summed E-state index contributed by atoms with van der Waals surface area (Å²) in [6.45, 7) is 3.88. The van der Waals surface area contributed by atoms with Crippen molar-refractivity contribution >= 4 is 18.2 Å². The second-order valence-electron chi connectivity index (χ2n) is 5.62. The highest BCUT2D eigenvalue weighted by atomic mass is 16.2. The van der Waals surface area contributed by atoms with E-state index in [-0.39, 0.29) is 5.92 Å². The average molecular weight is 305 g/mol. The molecule has 0 radical (unpaired) electrons. The Morgan fingerprint density at radius 2 is 1.82 bits per heavy atom. The molecule has 4 N–H and O–H groups in total. The van der Waals surface area contributed by atoms with Crippen LogP contribution in [0.15, 0.2) is 30.3 Å². The Balaban J connectivity index is 2.75. The van der Waals surface area contributed by atoms with E-state index < -0.39 is 23.9 Å². The Labute approximate surface area is 130 Å². The molecule has 0 aliphatic carbocycles. The maximum Gasteiger partial charge on any atom is 0.243 e. The number of hydrogen-bond acceptors (Lipinski definition) is 3. The number of benzene rings is 1. The van der Waals surface area contributed by atoms with Gasteiger partial charge in [0.25, 0.3) is 0 Å². The van der Waals surface area contributed by atoms with Crippen molar-refractivity contribution in [2.24, 2.45) is 11.7 Å². The van der Waals surface area contributed by atoms with Crippen LogP contribution in [-0.2, 0) is 20.8 Å². The van der Waals surface area contributed by atoms with Crippen LogP contribution in [0.1, 0.15) is 25.8 Å². The summed E-state index contributed by atoms with van der Waals surface area (Å²) in [5.41, 5.74) is 6.23. The van der Waals surface area contributed by atoms with E-state index in [4.69, 9.17) is 5.73 Å². The zero-order valence-electron chi connectivity index (χ0n) is 12.9. The van der Waals surface area contributed by atoms with Gasteiger partial charge in [-0.1, -0.05) is 44.2 Å². The normalized spacial score (nSPS) is 13.2. The zero-order valence-corrected chi connectivity index (χ0v) is 12.9. The van der Waals surface area contributed by atoms with Crippen LogP contribution in [0.2, 0.25) is 0 Å². The fourth-order valence-electron chi connectivity index (χ4n) is 2.15. The lowest BCUT2D eigenvalue weighted by molar-refractivity contribution is -0.129. The molecule has 22 heavy (non-hydrogen) atoms. The molecule has 0 aliphatic rings. The van der Waals surface area contributed by atoms with Gasteiger partial charge in [0.1, 0.15) is 12.1 Å². The van der Waals surface area contributed by atoms with Crippen molar-refractivity contribution in [3.8, 4) is 0 Å². The molecular formula is C16H23N3O3. The highest BCUT2D eigenvalue weighted by molar-refractivity contribution is 5.90. The van der Waals surface area contributed by atoms with Crippen molar-refractivity contribution in [2.75, 3.05) is 0 Å². The smallest absolute Gasteiger partial charge is 0.243 e. The van der Waals surface area contributed by atoms with E-state index in [1.807, 2.05) is 44.2 Å². The molecule has 3 amide bonds. The molecule has 0 aromatic heterocycles. The molecule has 0 bridgehead atoms. The Kier molecular flexibility index (Phi) is 7.08. The largest absolute Gasteiger partial charge is 0.368 e. The third-order valence-corrected chi connectivity index (χ3v) is 3.24. The quantitative estimate of drug-likeness (QED) is 0.574. The third kappa shape index (κ3) is 5.95. The topological polar surface area (TPSA) is 101 Å². The van der Waals surface area contributed by atoms with Crippen LogP contribution in [0.25, 0.3) is 0 Å². The highest BCUT2D eigenvalue weighted by Crippen LogP contribution is 2.07. The van der Waals surface area contributed by atoms with E-state index in [0.29, 0.717) is 19.3 Å². The van der Waals surface area contributed by atoms with Crippen LogP contribution in [-0.4, -0.2) is 30.3 Å². The fraction of sp³-hybridized carbons (Fsp3) is 0.438. The van der Waals surface area contributed by atoms with Gasteiger partial charge in [0.15, 0.2) is 0 Å². The standard InChI is InChI=1S/C16H23N3O3/c1-11(2)8-13(15(17)21)19-16(22)14(18-10-20)9-12-6-4-3-5-7-12/h3-7,10-11,13-14H,8-9H2,1-2H3,(H2,17,21)(H,18,20)(H,19,22)/t13-,14-/m0/s1. The lowest BCUT2D eigenvalue weighted by atomic mass is 10.0. The molecule has 0 spiro atoms. The average Bonchev–Trinajstić information content (AvgIpc) is 2.46. The number of nitrogens with one attached hydrogen (secondary N) is 2. The first-order valence-electron chi connectivity index (χ1n) is 7.27. The second-order valence-corrected chi connectivity index (χ2v) is 5.62. The number of carbonyl (C=O) groups is 3. The third-order valence-electron chi connectivity index (χ3n) is 3.24. The van der Waals surface area contributed by atoms with Crippen LogP contribution < -0.4 is 16.4 Å². The van der Waals surface area contributed by atoms with E-state index in [1.54, 1.807) is 0 Å². The molecule has 0 saturated carbocycles. The molecule has 6 heteroatoms. The van der Waals surface area contributed by atoms with Gasteiger partial charge < -0.3 is 16.4 Å². The van der Waals surface area contributed by atoms with Gasteiger partial charge >= 0.3 is 0 Å². The monoisotopic (exact) mass is 305 g/mol. The van der Waals surface area contributed by atoms with Gasteiger partial charge in [-0.25, -0.2) is 0 Å². The molecule has 1 aromatic carbocycles. The molecule has 2 atom stereocenters. The van der Waals surface area contributed by atoms with Gasteiger partial charge in [-0.15, -0.1) is 0 Å². The van der Waals surface area contributed by atoms with Crippen LogP contribution in [0.3, 0.4) is 0 Å². The first-order valence-corrected chi connectivity index (χ1v) is 7.27. The molecule has 1 aromatic rings. The molecule has 0 fully saturated rings. The summed E-state index contributed by atoms with van der Waals surface area (Å²) in [7, 11) is 0. The molecular weight excluding hydrogens is 282 g/mol. The first-order chi connectivity index (χ1) is 10.4. The minimum atomic E-state index is -0.742. The first kappa shape index (κ1) is 17.7. The lowest BCUT2D eigenvalue weighted by Crippen LogP contribution is -2.52. The SMILES string of the molecule is CC(C)C[C@H](NC(=O)[C@H](Cc1ccccc1)NC=O)C(N)=O. The van der Waals surface area contributed by atoms with Gasteiger partial charge in [-0.05, 0) is 17.9 Å². The van der Waals surface area contributed by atoms with Crippen molar-refractivity contribution in [1.82, 2.24) is 10.6 Å². The van der Waals surface area contributed by atoms with Crippen molar-refractivity contribution < 1.29 is 14.4 Å². The van der Waals surface area contributed by atoms with E-state index in [9.17, 15) is 14.4 Å². The number of rotatable bonds is 9. The van der Waals surface area contributed by atoms with Gasteiger partial charge in [0, 0.05) is 6.42 Å². The molecule has 0 unspecified atom stereocenters. The Bertz CT molecular complexity index is 503. The zero-order chi connectivity index (χ0) is 16.5. The van der Waals surface area contributed by atoms with E-state index in [1.165, 1.54) is 0 Å². The van der Waals surface area contributed by atoms with Crippen LogP contribution >= 0.6 is 0 Å². The maximum absolute atomic E-state index is 12.3. The van der Waals surface area contributed by atoms with E-state index >= 15 is 0 Å². The second kappa shape index (κ2) is 8.81. The van der Waals surface area contributed by atoms with E-state index in [2.05, 4.69) is 10.6 Å². The number of amides is 3. The molecule has 0 heterocycles. The van der Waals surface area contributed by atoms with Crippen LogP contribution in [0.4, 0.5) is 0 Å². The summed E-state index contributed by atoms with van der Waals surface area (Å²) in [5, 5.41) is 5.10. The molecule has 1 rings (SSSR count). The molecule has 0 aliphatic heterocycles. The van der Waals surface area contributed by atoms with Gasteiger partial charge in [-0.2, -0.15) is 0 Å². The molecule has 6 nitrogen and oxygen atoms in total. The molecule has 0 saturated heterocycles. The summed E-state index contributed by atoms with van der Waals surface area (Å²) in [6, 6.07) is 7.84. The van der Waals surface area contributed by atoms with Gasteiger partial charge in [-0.3, -0.25) is 14.4 Å². The minimum Gasteiger partial charge on any atom is -0.368 e. The van der Waals surface area contributed by atoms with Crippen molar-refractivity contribution in [3.05, 3.63) is 35.9 Å². The minimum absolute atomic E-state index is 0.212. The molecule has 120 valence electrons.